The molecule has 7 heteroatoms. The van der Waals surface area contributed by atoms with E-state index >= 15 is 0 Å². The van der Waals surface area contributed by atoms with Crippen molar-refractivity contribution >= 4 is 0 Å². The van der Waals surface area contributed by atoms with Crippen molar-refractivity contribution in [2.24, 2.45) is 0 Å². The van der Waals surface area contributed by atoms with Crippen molar-refractivity contribution in [3.8, 4) is 11.4 Å². The predicted molar refractivity (Wildman–Crippen MR) is 100 cm³/mol. The van der Waals surface area contributed by atoms with Crippen LogP contribution in [-0.4, -0.2) is 45.1 Å². The van der Waals surface area contributed by atoms with Gasteiger partial charge < -0.3 is 9.84 Å². The maximum absolute atomic E-state index is 13.3. The molecule has 5 nitrogen and oxygen atoms in total. The molecule has 3 aromatic rings. The molecule has 0 spiro atoms. The van der Waals surface area contributed by atoms with E-state index in [-0.39, 0.29) is 5.75 Å². The van der Waals surface area contributed by atoms with Crippen molar-refractivity contribution in [1.82, 2.24) is 14.7 Å². The average Bonchev–Trinajstić information content (AvgIpc) is 3.18. The van der Waals surface area contributed by atoms with E-state index in [1.54, 1.807) is 6.20 Å². The maximum Gasteiger partial charge on any atom is 0.129 e. The van der Waals surface area contributed by atoms with Gasteiger partial charge in [-0.2, -0.15) is 5.10 Å². The van der Waals surface area contributed by atoms with Crippen LogP contribution in [0.5, 0.6) is 5.75 Å². The third-order valence-electron chi connectivity index (χ3n) is 4.86. The predicted octanol–water partition coefficient (Wildman–Crippen LogP) is 3.16. The average molecular weight is 385 g/mol. The summed E-state index contributed by atoms with van der Waals surface area (Å²) in [6, 6.07) is 12.9. The topological polar surface area (TPSA) is 50.5 Å². The van der Waals surface area contributed by atoms with E-state index in [2.05, 4.69) is 10.00 Å². The summed E-state index contributed by atoms with van der Waals surface area (Å²) in [5, 5.41) is 14.8. The van der Waals surface area contributed by atoms with Gasteiger partial charge in [0.25, 0.3) is 0 Å². The minimum absolute atomic E-state index is 0.0963. The van der Waals surface area contributed by atoms with Crippen molar-refractivity contribution in [2.75, 3.05) is 13.1 Å². The largest absolute Gasteiger partial charge is 0.487 e. The molecular weight excluding hydrogens is 364 g/mol. The molecule has 0 aliphatic carbocycles. The van der Waals surface area contributed by atoms with E-state index in [1.165, 1.54) is 0 Å². The van der Waals surface area contributed by atoms with Gasteiger partial charge in [-0.25, -0.2) is 13.5 Å². The molecule has 1 aliphatic rings. The molecule has 4 rings (SSSR count). The van der Waals surface area contributed by atoms with Gasteiger partial charge in [-0.3, -0.25) is 4.90 Å². The Morgan fingerprint density at radius 3 is 2.61 bits per heavy atom. The SMILES string of the molecule is O[C@@H]1CN(Cc2ccccc2-n2cccn2)CC[C@H]1Oc1cc(F)cc(F)c1. The van der Waals surface area contributed by atoms with Crippen molar-refractivity contribution in [2.45, 2.75) is 25.2 Å². The number of ether oxygens (including phenoxy) is 1. The minimum atomic E-state index is -0.753. The molecule has 1 N–H and O–H groups in total. The third-order valence-corrected chi connectivity index (χ3v) is 4.86. The number of aromatic nitrogens is 2. The van der Waals surface area contributed by atoms with Gasteiger partial charge in [0.2, 0.25) is 0 Å². The highest BCUT2D eigenvalue weighted by atomic mass is 19.1. The fourth-order valence-corrected chi connectivity index (χ4v) is 3.55. The van der Waals surface area contributed by atoms with Gasteiger partial charge in [-0.1, -0.05) is 18.2 Å². The smallest absolute Gasteiger partial charge is 0.129 e. The van der Waals surface area contributed by atoms with Gasteiger partial charge in [-0.15, -0.1) is 0 Å². The molecular formula is C21H21F2N3O2. The van der Waals surface area contributed by atoms with Crippen molar-refractivity contribution in [3.05, 3.63) is 78.1 Å². The lowest BCUT2D eigenvalue weighted by molar-refractivity contribution is -0.0277. The van der Waals surface area contributed by atoms with Crippen LogP contribution in [0.1, 0.15) is 12.0 Å². The highest BCUT2D eigenvalue weighted by Crippen LogP contribution is 2.23. The van der Waals surface area contributed by atoms with E-state index in [0.29, 0.717) is 26.1 Å². The highest BCUT2D eigenvalue weighted by Gasteiger charge is 2.29. The number of aliphatic hydroxyl groups excluding tert-OH is 1. The van der Waals surface area contributed by atoms with Crippen molar-refractivity contribution in [1.29, 1.82) is 0 Å². The second-order valence-corrected chi connectivity index (χ2v) is 6.93. The van der Waals surface area contributed by atoms with E-state index in [1.807, 2.05) is 41.2 Å². The Kier molecular flexibility index (Phi) is 5.36. The molecule has 0 saturated carbocycles. The minimum Gasteiger partial charge on any atom is -0.487 e. The monoisotopic (exact) mass is 385 g/mol. The molecule has 0 radical (unpaired) electrons. The third kappa shape index (κ3) is 4.21. The zero-order chi connectivity index (χ0) is 19.5. The van der Waals surface area contributed by atoms with Crippen molar-refractivity contribution < 1.29 is 18.6 Å². The van der Waals surface area contributed by atoms with Crippen LogP contribution in [0.4, 0.5) is 8.78 Å². The summed E-state index contributed by atoms with van der Waals surface area (Å²) in [5.74, 6) is -1.30. The zero-order valence-electron chi connectivity index (χ0n) is 15.2. The quantitative estimate of drug-likeness (QED) is 0.733. The second-order valence-electron chi connectivity index (χ2n) is 6.93. The van der Waals surface area contributed by atoms with Gasteiger partial charge in [0.15, 0.2) is 0 Å². The van der Waals surface area contributed by atoms with Crippen LogP contribution in [0, 0.1) is 11.6 Å². The highest BCUT2D eigenvalue weighted by molar-refractivity contribution is 5.40. The van der Waals surface area contributed by atoms with Gasteiger partial charge in [0.05, 0.1) is 5.69 Å². The van der Waals surface area contributed by atoms with Crippen LogP contribution in [0.3, 0.4) is 0 Å². The first-order valence-corrected chi connectivity index (χ1v) is 9.19. The first-order valence-electron chi connectivity index (χ1n) is 9.19. The van der Waals surface area contributed by atoms with Crippen LogP contribution < -0.4 is 4.74 Å². The number of likely N-dealkylation sites (tertiary alicyclic amines) is 1. The zero-order valence-corrected chi connectivity index (χ0v) is 15.2. The molecule has 0 unspecified atom stereocenters. The molecule has 0 amide bonds. The van der Waals surface area contributed by atoms with Crippen LogP contribution in [0.2, 0.25) is 0 Å². The normalized spacial score (nSPS) is 20.2. The number of β-amino-alcohol motifs (C(OH)–C–C–N with tert-alkyl or cyclic N) is 1. The number of rotatable bonds is 5. The molecule has 2 atom stereocenters. The van der Waals surface area contributed by atoms with Gasteiger partial charge >= 0.3 is 0 Å². The Balaban J connectivity index is 1.41. The van der Waals surface area contributed by atoms with Crippen LogP contribution in [-0.2, 0) is 6.54 Å². The van der Waals surface area contributed by atoms with Gasteiger partial charge in [-0.05, 0) is 24.1 Å². The Labute approximate surface area is 161 Å². The number of halogens is 2. The summed E-state index contributed by atoms with van der Waals surface area (Å²) in [7, 11) is 0. The number of piperidine rings is 1. The number of benzene rings is 2. The fourth-order valence-electron chi connectivity index (χ4n) is 3.55. The summed E-state index contributed by atoms with van der Waals surface area (Å²) in [5.41, 5.74) is 2.10. The van der Waals surface area contributed by atoms with Gasteiger partial charge in [0, 0.05) is 50.2 Å². The van der Waals surface area contributed by atoms with Crippen molar-refractivity contribution in [3.63, 3.8) is 0 Å². The first kappa shape index (κ1) is 18.6. The van der Waals surface area contributed by atoms with Crippen LogP contribution >= 0.6 is 0 Å². The molecule has 28 heavy (non-hydrogen) atoms. The van der Waals surface area contributed by atoms with E-state index in [0.717, 1.165) is 29.4 Å². The Morgan fingerprint density at radius 2 is 1.89 bits per heavy atom. The Hall–Kier alpha value is -2.77. The summed E-state index contributed by atoms with van der Waals surface area (Å²) in [4.78, 5) is 2.14. The summed E-state index contributed by atoms with van der Waals surface area (Å²) >= 11 is 0. The lowest BCUT2D eigenvalue weighted by Gasteiger charge is -2.36. The van der Waals surface area contributed by atoms with Crippen LogP contribution in [0.25, 0.3) is 5.69 Å². The fraction of sp³-hybridized carbons (Fsp3) is 0.286. The summed E-state index contributed by atoms with van der Waals surface area (Å²) in [6.45, 7) is 1.78. The summed E-state index contributed by atoms with van der Waals surface area (Å²) in [6.07, 6.45) is 2.93. The first-order chi connectivity index (χ1) is 13.6. The molecule has 1 saturated heterocycles. The number of para-hydroxylation sites is 1. The molecule has 1 aliphatic heterocycles. The molecule has 2 aromatic carbocycles. The molecule has 1 fully saturated rings. The number of aliphatic hydroxyl groups is 1. The lowest BCUT2D eigenvalue weighted by Crippen LogP contribution is -2.48. The second kappa shape index (κ2) is 8.08. The number of nitrogens with zero attached hydrogens (tertiary/aromatic N) is 3. The standard InChI is InChI=1S/C21H21F2N3O2/c22-16-10-17(23)12-18(11-16)28-21-6-9-25(14-20(21)27)13-15-4-1-2-5-19(15)26-8-3-7-24-26/h1-5,7-8,10-12,20-21,27H,6,9,13-14H2/t20-,21-/m1/s1. The summed E-state index contributed by atoms with van der Waals surface area (Å²) < 4.78 is 34.1. The lowest BCUT2D eigenvalue weighted by atomic mass is 10.0. The van der Waals surface area contributed by atoms with Crippen LogP contribution in [0.15, 0.2) is 60.9 Å². The molecule has 1 aromatic heterocycles. The van der Waals surface area contributed by atoms with E-state index < -0.39 is 23.8 Å². The Morgan fingerprint density at radius 1 is 1.11 bits per heavy atom. The van der Waals surface area contributed by atoms with Gasteiger partial charge in [0.1, 0.15) is 29.6 Å². The molecule has 2 heterocycles. The number of hydrogen-bond acceptors (Lipinski definition) is 4. The maximum atomic E-state index is 13.3. The van der Waals surface area contributed by atoms with E-state index in [4.69, 9.17) is 4.74 Å². The number of hydrogen-bond donors (Lipinski definition) is 1. The molecule has 0 bridgehead atoms. The van der Waals surface area contributed by atoms with E-state index in [9.17, 15) is 13.9 Å². The molecule has 146 valence electrons. The Bertz CT molecular complexity index is 913.